The Kier molecular flexibility index (Phi) is 17.8. The van der Waals surface area contributed by atoms with Crippen LogP contribution in [0.4, 0.5) is 13.2 Å². The predicted molar refractivity (Wildman–Crippen MR) is 146 cm³/mol. The van der Waals surface area contributed by atoms with Crippen LogP contribution in [0.1, 0.15) is 43.6 Å². The minimum atomic E-state index is -4.21. The van der Waals surface area contributed by atoms with Gasteiger partial charge in [0.2, 0.25) is 0 Å². The molecule has 0 radical (unpaired) electrons. The first-order valence-electron chi connectivity index (χ1n) is 12.0. The second kappa shape index (κ2) is 19.6. The molecule has 1 heterocycles. The number of carbonyl (C=O) groups excluding carboxylic acids is 2. The third kappa shape index (κ3) is 16.9. The summed E-state index contributed by atoms with van der Waals surface area (Å²) in [5.74, 6) is 0.233. The van der Waals surface area contributed by atoms with Gasteiger partial charge in [-0.3, -0.25) is 9.59 Å². The van der Waals surface area contributed by atoms with E-state index in [4.69, 9.17) is 16.3 Å². The lowest BCUT2D eigenvalue weighted by Crippen LogP contribution is -2.08. The molecule has 3 rings (SSSR count). The molecule has 0 aliphatic heterocycles. The molecule has 0 bridgehead atoms. The summed E-state index contributed by atoms with van der Waals surface area (Å²) >= 11 is 5.89. The van der Waals surface area contributed by atoms with E-state index in [0.29, 0.717) is 26.1 Å². The minimum Gasteiger partial charge on any atom is -0.466 e. The van der Waals surface area contributed by atoms with Crippen molar-refractivity contribution in [3.05, 3.63) is 82.8 Å². The largest absolute Gasteiger partial charge is 0.466 e. The molecule has 0 unspecified atom stereocenters. The average molecular weight is 570 g/mol. The number of carbonyl (C=O) groups is 2. The highest BCUT2D eigenvalue weighted by Gasteiger charge is 2.29. The highest BCUT2D eigenvalue weighted by Crippen LogP contribution is 2.28. The number of hydrogen-bond donors (Lipinski definition) is 1. The predicted octanol–water partition coefficient (Wildman–Crippen LogP) is 6.59. The Morgan fingerprint density at radius 1 is 0.974 bits per heavy atom. The van der Waals surface area contributed by atoms with E-state index in [-0.39, 0.29) is 11.9 Å². The number of hydrogen-bond acceptors (Lipinski definition) is 7. The Hall–Kier alpha value is -3.50. The normalized spacial score (nSPS) is 9.90. The van der Waals surface area contributed by atoms with Crippen LogP contribution < -0.4 is 5.73 Å². The first-order chi connectivity index (χ1) is 18.4. The first kappa shape index (κ1) is 35.5. The summed E-state index contributed by atoms with van der Waals surface area (Å²) in [6.45, 7) is 7.33. The van der Waals surface area contributed by atoms with Crippen LogP contribution in [0, 0.1) is 13.8 Å². The number of aromatic nitrogens is 2. The molecular weight excluding hydrogens is 535 g/mol. The zero-order chi connectivity index (χ0) is 29.8. The number of rotatable bonds is 6. The maximum absolute atomic E-state index is 11.9. The molecule has 39 heavy (non-hydrogen) atoms. The van der Waals surface area contributed by atoms with E-state index >= 15 is 0 Å². The fourth-order valence-electron chi connectivity index (χ4n) is 2.57. The van der Waals surface area contributed by atoms with E-state index in [9.17, 15) is 22.8 Å². The molecule has 2 N–H and O–H groups in total. The van der Waals surface area contributed by atoms with Crippen LogP contribution in [-0.4, -0.2) is 42.2 Å². The van der Waals surface area contributed by atoms with Gasteiger partial charge in [0.25, 0.3) is 0 Å². The Labute approximate surface area is 232 Å². The van der Waals surface area contributed by atoms with E-state index in [1.807, 2.05) is 37.3 Å². The first-order valence-corrected chi connectivity index (χ1v) is 12.4. The topological polar surface area (TPSA) is 104 Å². The molecule has 0 aliphatic rings. The van der Waals surface area contributed by atoms with Crippen molar-refractivity contribution in [2.45, 2.75) is 46.7 Å². The number of ether oxygens (including phenoxy) is 2. The molecule has 0 fully saturated rings. The summed E-state index contributed by atoms with van der Waals surface area (Å²) in [5.41, 5.74) is 6.66. The number of benzene rings is 2. The zero-order valence-electron chi connectivity index (χ0n) is 22.7. The van der Waals surface area contributed by atoms with Gasteiger partial charge in [-0.25, -0.2) is 9.97 Å². The fraction of sp³-hybridized carbons (Fsp3) is 0.357. The van der Waals surface area contributed by atoms with E-state index in [1.54, 1.807) is 20.0 Å². The van der Waals surface area contributed by atoms with Crippen LogP contribution in [0.15, 0.2) is 60.8 Å². The Bertz CT molecular complexity index is 1080. The van der Waals surface area contributed by atoms with E-state index < -0.39 is 11.7 Å². The lowest BCUT2D eigenvalue weighted by molar-refractivity contribution is -0.145. The maximum atomic E-state index is 11.9. The molecule has 0 saturated carbocycles. The van der Waals surface area contributed by atoms with Gasteiger partial charge in [-0.15, -0.1) is 0 Å². The monoisotopic (exact) mass is 569 g/mol. The van der Waals surface area contributed by atoms with Gasteiger partial charge in [0.1, 0.15) is 5.82 Å². The quantitative estimate of drug-likeness (QED) is 0.264. The minimum absolute atomic E-state index is 0.224. The molecular formula is C28H35ClF3N3O4. The van der Waals surface area contributed by atoms with Crippen molar-refractivity contribution < 1.29 is 32.2 Å². The van der Waals surface area contributed by atoms with Crippen LogP contribution in [0.5, 0.6) is 0 Å². The second-order valence-electron chi connectivity index (χ2n) is 7.63. The van der Waals surface area contributed by atoms with Crippen molar-refractivity contribution in [3.63, 3.8) is 0 Å². The molecule has 214 valence electrons. The summed E-state index contributed by atoms with van der Waals surface area (Å²) in [7, 11) is 1.50. The van der Waals surface area contributed by atoms with Crippen LogP contribution in [0.25, 0.3) is 11.3 Å². The molecule has 3 aromatic rings. The van der Waals surface area contributed by atoms with Crippen LogP contribution in [0.3, 0.4) is 0 Å². The number of nitrogens with zero attached hydrogens (tertiary/aromatic N) is 2. The van der Waals surface area contributed by atoms with Gasteiger partial charge < -0.3 is 15.2 Å². The molecule has 0 saturated heterocycles. The van der Waals surface area contributed by atoms with Crippen LogP contribution >= 0.6 is 11.6 Å². The molecule has 11 heteroatoms. The number of halogens is 4. The van der Waals surface area contributed by atoms with Crippen molar-refractivity contribution in [2.24, 2.45) is 5.73 Å². The third-order valence-corrected chi connectivity index (χ3v) is 4.66. The SMILES string of the molecule is CCC(=O)OCCCOC(C)=O.CN.Cc1ccc(C(F)(F)F)cc1.Cc1nccc(-c2cccc(Cl)c2)n1. The van der Waals surface area contributed by atoms with Gasteiger partial charge in [0, 0.05) is 36.5 Å². The van der Waals surface area contributed by atoms with Crippen LogP contribution in [-0.2, 0) is 25.2 Å². The van der Waals surface area contributed by atoms with E-state index in [1.165, 1.54) is 26.1 Å². The summed E-state index contributed by atoms with van der Waals surface area (Å²) in [4.78, 5) is 29.2. The number of nitrogens with two attached hydrogens (primary N) is 1. The molecule has 2 aromatic carbocycles. The Balaban J connectivity index is 0.000000542. The smallest absolute Gasteiger partial charge is 0.416 e. The number of alkyl halides is 3. The number of esters is 2. The molecule has 0 atom stereocenters. The zero-order valence-corrected chi connectivity index (χ0v) is 23.5. The fourth-order valence-corrected chi connectivity index (χ4v) is 2.76. The van der Waals surface area contributed by atoms with Crippen molar-refractivity contribution in [1.29, 1.82) is 0 Å². The second-order valence-corrected chi connectivity index (χ2v) is 8.07. The summed E-state index contributed by atoms with van der Waals surface area (Å²) in [5, 5.41) is 0.721. The van der Waals surface area contributed by atoms with Gasteiger partial charge in [0.15, 0.2) is 0 Å². The summed E-state index contributed by atoms with van der Waals surface area (Å²) < 4.78 is 45.1. The van der Waals surface area contributed by atoms with Crippen molar-refractivity contribution in [1.82, 2.24) is 9.97 Å². The number of aryl methyl sites for hydroxylation is 2. The Morgan fingerprint density at radius 3 is 2.10 bits per heavy atom. The van der Waals surface area contributed by atoms with Gasteiger partial charge >= 0.3 is 18.1 Å². The summed E-state index contributed by atoms with van der Waals surface area (Å²) in [6, 6.07) is 14.6. The molecule has 0 aliphatic carbocycles. The lowest BCUT2D eigenvalue weighted by Gasteiger charge is -2.05. The van der Waals surface area contributed by atoms with Gasteiger partial charge in [-0.05, 0) is 51.2 Å². The van der Waals surface area contributed by atoms with Crippen LogP contribution in [0.2, 0.25) is 5.02 Å². The molecule has 0 amide bonds. The van der Waals surface area contributed by atoms with E-state index in [2.05, 4.69) is 20.4 Å². The highest BCUT2D eigenvalue weighted by atomic mass is 35.5. The van der Waals surface area contributed by atoms with Gasteiger partial charge in [0.05, 0.1) is 24.5 Å². The average Bonchev–Trinajstić information content (AvgIpc) is 2.90. The summed E-state index contributed by atoms with van der Waals surface area (Å²) in [6.07, 6.45) is -1.52. The van der Waals surface area contributed by atoms with E-state index in [0.717, 1.165) is 39.8 Å². The highest BCUT2D eigenvalue weighted by molar-refractivity contribution is 6.30. The molecule has 0 spiro atoms. The van der Waals surface area contributed by atoms with Crippen molar-refractivity contribution >= 4 is 23.5 Å². The maximum Gasteiger partial charge on any atom is 0.416 e. The van der Waals surface area contributed by atoms with Gasteiger partial charge in [-0.2, -0.15) is 13.2 Å². The van der Waals surface area contributed by atoms with Crippen molar-refractivity contribution in [2.75, 3.05) is 20.3 Å². The third-order valence-electron chi connectivity index (χ3n) is 4.42. The standard InChI is InChI=1S/C11H9ClN2.C8H7F3.C8H14O4.CH5N/c1-8-13-6-5-11(14-8)9-3-2-4-10(12)7-9;1-6-2-4-7(5-3-6)8(9,10)11;1-3-8(10)12-6-4-5-11-7(2)9;1-2/h2-7H,1H3;2-5H,1H3;3-6H2,1-2H3;2H2,1H3. The molecule has 7 nitrogen and oxygen atoms in total. The Morgan fingerprint density at radius 2 is 1.59 bits per heavy atom. The molecule has 1 aromatic heterocycles. The lowest BCUT2D eigenvalue weighted by atomic mass is 10.1. The van der Waals surface area contributed by atoms with Gasteiger partial charge in [-0.1, -0.05) is 48.4 Å². The van der Waals surface area contributed by atoms with Crippen molar-refractivity contribution in [3.8, 4) is 11.3 Å².